The number of aliphatic hydroxyl groups is 1. The van der Waals surface area contributed by atoms with Crippen LogP contribution in [-0.4, -0.2) is 36.9 Å². The molecule has 1 unspecified atom stereocenters. The fraction of sp³-hybridized carbons (Fsp3) is 0.545. The second-order valence-corrected chi connectivity index (χ2v) is 5.73. The fourth-order valence-corrected chi connectivity index (χ4v) is 2.29. The summed E-state index contributed by atoms with van der Waals surface area (Å²) in [4.78, 5) is 4.05. The zero-order valence-electron chi connectivity index (χ0n) is 9.83. The van der Waals surface area contributed by atoms with E-state index in [9.17, 15) is 13.5 Å². The monoisotopic (exact) mass is 258 g/mol. The molecule has 5 nitrogen and oxygen atoms in total. The van der Waals surface area contributed by atoms with Crippen LogP contribution in [0.4, 0.5) is 0 Å². The minimum absolute atomic E-state index is 0.0134. The van der Waals surface area contributed by atoms with Crippen LogP contribution in [-0.2, 0) is 16.4 Å². The maximum absolute atomic E-state index is 11.6. The third kappa shape index (κ3) is 5.76. The van der Waals surface area contributed by atoms with Gasteiger partial charge in [-0.25, -0.2) is 13.1 Å². The third-order valence-electron chi connectivity index (χ3n) is 2.36. The van der Waals surface area contributed by atoms with E-state index in [0.29, 0.717) is 12.8 Å². The molecule has 1 aromatic rings. The van der Waals surface area contributed by atoms with Gasteiger partial charge in [0.1, 0.15) is 0 Å². The summed E-state index contributed by atoms with van der Waals surface area (Å²) in [6, 6.07) is 5.40. The molecule has 1 aromatic heterocycles. The van der Waals surface area contributed by atoms with Gasteiger partial charge in [0.25, 0.3) is 0 Å². The third-order valence-corrected chi connectivity index (χ3v) is 3.71. The van der Waals surface area contributed by atoms with E-state index in [1.54, 1.807) is 25.3 Å². The lowest BCUT2D eigenvalue weighted by molar-refractivity contribution is 0.174. The highest BCUT2D eigenvalue weighted by molar-refractivity contribution is 7.89. The van der Waals surface area contributed by atoms with Crippen molar-refractivity contribution in [1.29, 1.82) is 0 Å². The van der Waals surface area contributed by atoms with Gasteiger partial charge in [-0.1, -0.05) is 13.0 Å². The molecule has 0 saturated heterocycles. The molecule has 1 atom stereocenters. The molecular formula is C11H18N2O3S. The molecule has 0 bridgehead atoms. The van der Waals surface area contributed by atoms with Crippen LogP contribution in [0, 0.1) is 0 Å². The van der Waals surface area contributed by atoms with Gasteiger partial charge in [0.2, 0.25) is 10.0 Å². The van der Waals surface area contributed by atoms with Crippen LogP contribution in [0.25, 0.3) is 0 Å². The van der Waals surface area contributed by atoms with E-state index in [-0.39, 0.29) is 12.3 Å². The lowest BCUT2D eigenvalue weighted by atomic mass is 10.3. The van der Waals surface area contributed by atoms with Crippen LogP contribution in [0.1, 0.15) is 19.0 Å². The summed E-state index contributed by atoms with van der Waals surface area (Å²) in [5.74, 6) is -0.0134. The average Bonchev–Trinajstić information content (AvgIpc) is 2.35. The predicted octanol–water partition coefficient (Wildman–Crippen LogP) is 0.314. The Hall–Kier alpha value is -0.980. The van der Waals surface area contributed by atoms with Crippen LogP contribution >= 0.6 is 0 Å². The highest BCUT2D eigenvalue weighted by atomic mass is 32.2. The second-order valence-electron chi connectivity index (χ2n) is 3.80. The van der Waals surface area contributed by atoms with Crippen LogP contribution < -0.4 is 4.72 Å². The molecule has 0 aliphatic heterocycles. The van der Waals surface area contributed by atoms with Crippen molar-refractivity contribution >= 4 is 10.0 Å². The van der Waals surface area contributed by atoms with Crippen molar-refractivity contribution in [3.63, 3.8) is 0 Å². The number of aliphatic hydroxyl groups excluding tert-OH is 1. The van der Waals surface area contributed by atoms with Crippen molar-refractivity contribution in [3.8, 4) is 0 Å². The van der Waals surface area contributed by atoms with Crippen molar-refractivity contribution in [2.75, 3.05) is 12.3 Å². The standard InChI is InChI=1S/C11H18N2O3S/c1-2-11(14)9-13-17(15,16)8-6-10-5-3-4-7-12-10/h3-5,7,11,13-14H,2,6,8-9H2,1H3. The summed E-state index contributed by atoms with van der Waals surface area (Å²) in [7, 11) is -3.33. The first-order valence-corrected chi connectivity index (χ1v) is 7.24. The van der Waals surface area contributed by atoms with E-state index in [4.69, 9.17) is 0 Å². The van der Waals surface area contributed by atoms with Gasteiger partial charge in [-0.15, -0.1) is 0 Å². The summed E-state index contributed by atoms with van der Waals surface area (Å²) in [6.45, 7) is 1.87. The van der Waals surface area contributed by atoms with Gasteiger partial charge >= 0.3 is 0 Å². The highest BCUT2D eigenvalue weighted by Gasteiger charge is 2.12. The van der Waals surface area contributed by atoms with Gasteiger partial charge in [0.05, 0.1) is 11.9 Å². The molecule has 0 fully saturated rings. The van der Waals surface area contributed by atoms with Crippen LogP contribution in [0.15, 0.2) is 24.4 Å². The number of pyridine rings is 1. The van der Waals surface area contributed by atoms with Crippen LogP contribution in [0.5, 0.6) is 0 Å². The van der Waals surface area contributed by atoms with Crippen molar-refractivity contribution in [2.24, 2.45) is 0 Å². The molecule has 0 aliphatic rings. The summed E-state index contributed by atoms with van der Waals surface area (Å²) in [5.41, 5.74) is 0.744. The molecule has 1 heterocycles. The van der Waals surface area contributed by atoms with Gasteiger partial charge in [0.15, 0.2) is 0 Å². The van der Waals surface area contributed by atoms with E-state index in [0.717, 1.165) is 5.69 Å². The Bertz CT molecular complexity index is 420. The maximum Gasteiger partial charge on any atom is 0.212 e. The number of nitrogens with one attached hydrogen (secondary N) is 1. The summed E-state index contributed by atoms with van der Waals surface area (Å²) < 4.78 is 25.5. The molecule has 0 radical (unpaired) electrons. The Labute approximate surface area is 102 Å². The predicted molar refractivity (Wildman–Crippen MR) is 66.0 cm³/mol. The van der Waals surface area contributed by atoms with Crippen molar-refractivity contribution < 1.29 is 13.5 Å². The van der Waals surface area contributed by atoms with Crippen molar-refractivity contribution in [2.45, 2.75) is 25.9 Å². The van der Waals surface area contributed by atoms with Gasteiger partial charge in [0, 0.05) is 24.9 Å². The Balaban J connectivity index is 2.40. The van der Waals surface area contributed by atoms with Crippen molar-refractivity contribution in [3.05, 3.63) is 30.1 Å². The number of nitrogens with zero attached hydrogens (tertiary/aromatic N) is 1. The zero-order valence-corrected chi connectivity index (χ0v) is 10.7. The normalized spacial score (nSPS) is 13.5. The first-order chi connectivity index (χ1) is 8.03. The lowest BCUT2D eigenvalue weighted by Gasteiger charge is -2.09. The molecule has 0 aromatic carbocycles. The molecule has 2 N–H and O–H groups in total. The van der Waals surface area contributed by atoms with Crippen LogP contribution in [0.2, 0.25) is 0 Å². The van der Waals surface area contributed by atoms with Crippen LogP contribution in [0.3, 0.4) is 0 Å². The molecule has 17 heavy (non-hydrogen) atoms. The summed E-state index contributed by atoms with van der Waals surface area (Å²) in [6.07, 6.45) is 1.91. The summed E-state index contributed by atoms with van der Waals surface area (Å²) >= 11 is 0. The summed E-state index contributed by atoms with van der Waals surface area (Å²) in [5, 5.41) is 9.27. The van der Waals surface area contributed by atoms with E-state index >= 15 is 0 Å². The number of aryl methyl sites for hydroxylation is 1. The topological polar surface area (TPSA) is 79.3 Å². The minimum Gasteiger partial charge on any atom is -0.392 e. The van der Waals surface area contributed by atoms with E-state index in [1.165, 1.54) is 0 Å². The zero-order chi connectivity index (χ0) is 12.7. The quantitative estimate of drug-likeness (QED) is 0.738. The number of hydrogen-bond acceptors (Lipinski definition) is 4. The molecule has 0 amide bonds. The minimum atomic E-state index is -3.33. The average molecular weight is 258 g/mol. The molecule has 6 heteroatoms. The highest BCUT2D eigenvalue weighted by Crippen LogP contribution is 1.98. The van der Waals surface area contributed by atoms with E-state index in [2.05, 4.69) is 9.71 Å². The molecule has 96 valence electrons. The Morgan fingerprint density at radius 3 is 2.82 bits per heavy atom. The first kappa shape index (κ1) is 14.1. The first-order valence-electron chi connectivity index (χ1n) is 5.59. The number of aromatic nitrogens is 1. The number of sulfonamides is 1. The second kappa shape index (κ2) is 6.68. The number of rotatable bonds is 7. The Kier molecular flexibility index (Phi) is 5.54. The van der Waals surface area contributed by atoms with E-state index < -0.39 is 16.1 Å². The molecule has 0 saturated carbocycles. The van der Waals surface area contributed by atoms with Gasteiger partial charge in [-0.05, 0) is 18.6 Å². The van der Waals surface area contributed by atoms with Crippen molar-refractivity contribution in [1.82, 2.24) is 9.71 Å². The van der Waals surface area contributed by atoms with Gasteiger partial charge < -0.3 is 5.11 Å². The van der Waals surface area contributed by atoms with E-state index in [1.807, 2.05) is 6.07 Å². The lowest BCUT2D eigenvalue weighted by Crippen LogP contribution is -2.34. The Morgan fingerprint density at radius 1 is 1.47 bits per heavy atom. The Morgan fingerprint density at radius 2 is 2.24 bits per heavy atom. The SMILES string of the molecule is CCC(O)CNS(=O)(=O)CCc1ccccn1. The molecule has 0 spiro atoms. The fourth-order valence-electron chi connectivity index (χ4n) is 1.22. The number of hydrogen-bond donors (Lipinski definition) is 2. The smallest absolute Gasteiger partial charge is 0.212 e. The largest absolute Gasteiger partial charge is 0.392 e. The molecular weight excluding hydrogens is 240 g/mol. The van der Waals surface area contributed by atoms with Gasteiger partial charge in [-0.2, -0.15) is 0 Å². The molecule has 0 aliphatic carbocycles. The maximum atomic E-state index is 11.6. The van der Waals surface area contributed by atoms with Gasteiger partial charge in [-0.3, -0.25) is 4.98 Å². The molecule has 1 rings (SSSR count).